The van der Waals surface area contributed by atoms with Crippen molar-refractivity contribution in [1.82, 2.24) is 4.90 Å². The van der Waals surface area contributed by atoms with Crippen molar-refractivity contribution in [2.24, 2.45) is 0 Å². The Morgan fingerprint density at radius 3 is 1.78 bits per heavy atom. The number of rotatable bonds is 7. The molecule has 2 aromatic carbocycles. The van der Waals surface area contributed by atoms with Crippen LogP contribution in [0.3, 0.4) is 0 Å². The molecule has 0 saturated carbocycles. The topological polar surface area (TPSA) is 55.6 Å². The molecule has 2 aromatic rings. The number of ether oxygens (including phenoxy) is 2. The highest BCUT2D eigenvalue weighted by Crippen LogP contribution is 2.57. The molecule has 1 aliphatic rings. The van der Waals surface area contributed by atoms with Gasteiger partial charge in [0.05, 0.1) is 31.4 Å². The van der Waals surface area contributed by atoms with Gasteiger partial charge in [-0.15, -0.1) is 0 Å². The van der Waals surface area contributed by atoms with Crippen LogP contribution in [-0.4, -0.2) is 30.1 Å². The van der Waals surface area contributed by atoms with Crippen molar-refractivity contribution in [2.75, 3.05) is 13.2 Å². The summed E-state index contributed by atoms with van der Waals surface area (Å²) in [5.41, 5.74) is 2.37. The Morgan fingerprint density at radius 1 is 0.852 bits per heavy atom. The van der Waals surface area contributed by atoms with Crippen molar-refractivity contribution >= 4 is 11.9 Å². The number of hydrogen-bond acceptors (Lipinski definition) is 5. The summed E-state index contributed by atoms with van der Waals surface area (Å²) in [7, 11) is 0. The summed E-state index contributed by atoms with van der Waals surface area (Å²) in [5.74, 6) is -1.07. The molecule has 0 spiro atoms. The van der Waals surface area contributed by atoms with Gasteiger partial charge in [-0.2, -0.15) is 0 Å². The summed E-state index contributed by atoms with van der Waals surface area (Å²) in [6.45, 7) is 3.95. The van der Waals surface area contributed by atoms with Crippen molar-refractivity contribution in [3.8, 4) is 0 Å². The maximum absolute atomic E-state index is 12.6. The van der Waals surface area contributed by atoms with Gasteiger partial charge < -0.3 is 14.4 Å². The van der Waals surface area contributed by atoms with E-state index in [0.29, 0.717) is 0 Å². The molecule has 0 amide bonds. The molecule has 1 heterocycles. The predicted molar refractivity (Wildman–Crippen MR) is 102 cm³/mol. The minimum atomic E-state index is -0.550. The molecule has 2 atom stereocenters. The Morgan fingerprint density at radius 2 is 1.33 bits per heavy atom. The fourth-order valence-corrected chi connectivity index (χ4v) is 3.26. The van der Waals surface area contributed by atoms with E-state index in [1.54, 1.807) is 13.8 Å². The first-order chi connectivity index (χ1) is 13.2. The Balaban J connectivity index is 1.99. The maximum Gasteiger partial charge on any atom is 0.354 e. The number of carbonyl (C=O) groups excluding carboxylic acids is 2. The standard InChI is InChI=1S/C22H23NO4/c1-3-26-19(24)15-18(22(25)27-4-2)23-20(16-11-7-5-8-12-16)21(23)17-13-9-6-10-14-17/h5-15,20-21H,3-4H2,1-2H3/b18-15+. The largest absolute Gasteiger partial charge is 0.463 e. The molecule has 0 aromatic heterocycles. The van der Waals surface area contributed by atoms with E-state index in [9.17, 15) is 9.59 Å². The van der Waals surface area contributed by atoms with Crippen molar-refractivity contribution in [2.45, 2.75) is 25.9 Å². The summed E-state index contributed by atoms with van der Waals surface area (Å²) >= 11 is 0. The second kappa shape index (κ2) is 8.54. The molecule has 2 unspecified atom stereocenters. The minimum absolute atomic E-state index is 0.0429. The van der Waals surface area contributed by atoms with Crippen LogP contribution in [-0.2, 0) is 19.1 Å². The lowest BCUT2D eigenvalue weighted by Gasteiger charge is -2.11. The van der Waals surface area contributed by atoms with Gasteiger partial charge in [0.1, 0.15) is 5.70 Å². The average Bonchev–Trinajstić information content (AvgIpc) is 3.43. The van der Waals surface area contributed by atoms with Gasteiger partial charge in [0.25, 0.3) is 0 Å². The first-order valence-corrected chi connectivity index (χ1v) is 9.11. The van der Waals surface area contributed by atoms with Crippen LogP contribution < -0.4 is 0 Å². The highest BCUT2D eigenvalue weighted by Gasteiger charge is 2.52. The molecule has 0 aliphatic carbocycles. The van der Waals surface area contributed by atoms with Crippen LogP contribution in [0.4, 0.5) is 0 Å². The number of hydrogen-bond donors (Lipinski definition) is 0. The van der Waals surface area contributed by atoms with Crippen LogP contribution in [0.15, 0.2) is 72.4 Å². The van der Waals surface area contributed by atoms with Crippen molar-refractivity contribution in [3.05, 3.63) is 83.6 Å². The zero-order valence-corrected chi connectivity index (χ0v) is 15.5. The Hall–Kier alpha value is -3.08. The first kappa shape index (κ1) is 18.7. The van der Waals surface area contributed by atoms with Crippen LogP contribution >= 0.6 is 0 Å². The summed E-state index contributed by atoms with van der Waals surface area (Å²) in [4.78, 5) is 26.5. The molecule has 140 valence electrons. The van der Waals surface area contributed by atoms with Gasteiger partial charge in [-0.3, -0.25) is 0 Å². The molecule has 0 bridgehead atoms. The highest BCUT2D eigenvalue weighted by molar-refractivity contribution is 5.96. The zero-order chi connectivity index (χ0) is 19.2. The fraction of sp³-hybridized carbons (Fsp3) is 0.273. The van der Waals surface area contributed by atoms with Gasteiger partial charge in [0, 0.05) is 0 Å². The van der Waals surface area contributed by atoms with Crippen LogP contribution in [0.25, 0.3) is 0 Å². The van der Waals surface area contributed by atoms with E-state index in [1.807, 2.05) is 65.6 Å². The fourth-order valence-electron chi connectivity index (χ4n) is 3.26. The third-order valence-corrected chi connectivity index (χ3v) is 4.39. The lowest BCUT2D eigenvalue weighted by Crippen LogP contribution is -2.17. The summed E-state index contributed by atoms with van der Waals surface area (Å²) in [5, 5.41) is 0. The second-order valence-corrected chi connectivity index (χ2v) is 6.12. The molecule has 1 saturated heterocycles. The van der Waals surface area contributed by atoms with E-state index in [2.05, 4.69) is 0 Å². The first-order valence-electron chi connectivity index (χ1n) is 9.11. The van der Waals surface area contributed by atoms with E-state index < -0.39 is 11.9 Å². The number of esters is 2. The molecule has 1 fully saturated rings. The number of carbonyl (C=O) groups is 2. The maximum atomic E-state index is 12.6. The molecule has 1 aliphatic heterocycles. The van der Waals surface area contributed by atoms with Gasteiger partial charge in [0.2, 0.25) is 0 Å². The third-order valence-electron chi connectivity index (χ3n) is 4.39. The molecular weight excluding hydrogens is 342 g/mol. The quantitative estimate of drug-likeness (QED) is 0.424. The van der Waals surface area contributed by atoms with Gasteiger partial charge in [-0.25, -0.2) is 9.59 Å². The molecule has 3 rings (SSSR count). The van der Waals surface area contributed by atoms with E-state index in [1.165, 1.54) is 6.08 Å². The van der Waals surface area contributed by atoms with Crippen LogP contribution in [0.1, 0.15) is 37.1 Å². The normalized spacial score (nSPS) is 18.7. The van der Waals surface area contributed by atoms with Crippen molar-refractivity contribution in [3.63, 3.8) is 0 Å². The van der Waals surface area contributed by atoms with E-state index >= 15 is 0 Å². The molecule has 0 N–H and O–H groups in total. The third kappa shape index (κ3) is 4.19. The Bertz CT molecular complexity index is 771. The highest BCUT2D eigenvalue weighted by atomic mass is 16.5. The monoisotopic (exact) mass is 365 g/mol. The van der Waals surface area contributed by atoms with Crippen LogP contribution in [0.5, 0.6) is 0 Å². The summed E-state index contributed by atoms with van der Waals surface area (Å²) in [6.07, 6.45) is 1.24. The predicted octanol–water partition coefficient (Wildman–Crippen LogP) is 3.79. The second-order valence-electron chi connectivity index (χ2n) is 6.12. The van der Waals surface area contributed by atoms with Crippen LogP contribution in [0.2, 0.25) is 0 Å². The van der Waals surface area contributed by atoms with Gasteiger partial charge >= 0.3 is 11.9 Å². The smallest absolute Gasteiger partial charge is 0.354 e. The van der Waals surface area contributed by atoms with E-state index in [0.717, 1.165) is 11.1 Å². The molecule has 0 radical (unpaired) electrons. The van der Waals surface area contributed by atoms with Gasteiger partial charge in [0.15, 0.2) is 0 Å². The minimum Gasteiger partial charge on any atom is -0.463 e. The lowest BCUT2D eigenvalue weighted by atomic mass is 10.0. The average molecular weight is 365 g/mol. The van der Waals surface area contributed by atoms with Crippen molar-refractivity contribution in [1.29, 1.82) is 0 Å². The van der Waals surface area contributed by atoms with Crippen LogP contribution in [0, 0.1) is 0 Å². The zero-order valence-electron chi connectivity index (χ0n) is 15.5. The molecule has 5 heteroatoms. The SMILES string of the molecule is CCOC(=O)/C=C(\C(=O)OCC)N1C(c2ccccc2)C1c1ccccc1. The van der Waals surface area contributed by atoms with Gasteiger partial charge in [-0.05, 0) is 25.0 Å². The number of nitrogens with zero attached hydrogens (tertiary/aromatic N) is 1. The summed E-state index contributed by atoms with van der Waals surface area (Å²) < 4.78 is 10.2. The van der Waals surface area contributed by atoms with Gasteiger partial charge in [-0.1, -0.05) is 60.7 Å². The van der Waals surface area contributed by atoms with E-state index in [-0.39, 0.29) is 31.0 Å². The number of benzene rings is 2. The Kier molecular flexibility index (Phi) is 5.91. The van der Waals surface area contributed by atoms with Crippen molar-refractivity contribution < 1.29 is 19.1 Å². The molecule has 5 nitrogen and oxygen atoms in total. The van der Waals surface area contributed by atoms with E-state index in [4.69, 9.17) is 9.47 Å². The summed E-state index contributed by atoms with van der Waals surface area (Å²) in [6, 6.07) is 19.8. The lowest BCUT2D eigenvalue weighted by molar-refractivity contribution is -0.142. The molecule has 27 heavy (non-hydrogen) atoms. The Labute approximate surface area is 159 Å². The molecular formula is C22H23NO4.